The van der Waals surface area contributed by atoms with Crippen molar-refractivity contribution < 1.29 is 39.8 Å². The number of hydrogen-bond acceptors (Lipinski definition) is 10. The van der Waals surface area contributed by atoms with Crippen LogP contribution in [0.25, 0.3) is 0 Å². The summed E-state index contributed by atoms with van der Waals surface area (Å²) in [4.78, 5) is 17.2. The molecule has 2 aromatic rings. The number of aliphatic hydroxyl groups excluding tert-OH is 3. The van der Waals surface area contributed by atoms with Crippen LogP contribution >= 0.6 is 23.4 Å². The molecule has 0 saturated carbocycles. The number of carbonyl (C=O) groups is 1. The number of phenolic OH excluding ortho intramolecular Hbond substituents is 1. The highest BCUT2D eigenvalue weighted by molar-refractivity contribution is 7.99. The first kappa shape index (κ1) is 25.8. The molecule has 2 aliphatic rings. The molecule has 4 rings (SSSR count). The minimum Gasteiger partial charge on any atom is -0.506 e. The van der Waals surface area contributed by atoms with Gasteiger partial charge in [0.1, 0.15) is 29.8 Å². The van der Waals surface area contributed by atoms with Crippen molar-refractivity contribution in [3.05, 3.63) is 35.4 Å². The number of halogens is 1. The maximum atomic E-state index is 11.4. The van der Waals surface area contributed by atoms with Gasteiger partial charge >= 0.3 is 5.97 Å². The normalized spacial score (nSPS) is 25.8. The van der Waals surface area contributed by atoms with Crippen LogP contribution < -0.4 is 9.64 Å². The Bertz CT molecular complexity index is 1100. The van der Waals surface area contributed by atoms with E-state index in [0.717, 1.165) is 34.1 Å². The lowest BCUT2D eigenvalue weighted by Gasteiger charge is -2.38. The topological polar surface area (TPSA) is 143 Å². The van der Waals surface area contributed by atoms with Crippen molar-refractivity contribution >= 4 is 40.7 Å². The molecule has 190 valence electrons. The fourth-order valence-corrected chi connectivity index (χ4v) is 5.26. The smallest absolute Gasteiger partial charge is 0.335 e. The first-order valence-electron chi connectivity index (χ1n) is 10.9. The van der Waals surface area contributed by atoms with E-state index in [1.807, 2.05) is 14.1 Å². The summed E-state index contributed by atoms with van der Waals surface area (Å²) in [5.74, 6) is -1.22. The van der Waals surface area contributed by atoms with Crippen LogP contribution in [0.1, 0.15) is 6.42 Å². The van der Waals surface area contributed by atoms with E-state index in [1.165, 1.54) is 11.8 Å². The zero-order valence-electron chi connectivity index (χ0n) is 19.0. The zero-order valence-corrected chi connectivity index (χ0v) is 20.6. The summed E-state index contributed by atoms with van der Waals surface area (Å²) < 4.78 is 11.0. The number of anilines is 2. The van der Waals surface area contributed by atoms with Gasteiger partial charge in [0.2, 0.25) is 6.29 Å². The monoisotopic (exact) mass is 526 g/mol. The first-order valence-corrected chi connectivity index (χ1v) is 12.1. The van der Waals surface area contributed by atoms with Gasteiger partial charge in [-0.15, -0.1) is 0 Å². The van der Waals surface area contributed by atoms with Crippen molar-refractivity contribution in [2.45, 2.75) is 46.9 Å². The Morgan fingerprint density at radius 3 is 2.51 bits per heavy atom. The Hall–Kier alpha value is -2.25. The van der Waals surface area contributed by atoms with Crippen molar-refractivity contribution in [1.29, 1.82) is 0 Å². The summed E-state index contributed by atoms with van der Waals surface area (Å²) >= 11 is 7.66. The molecular weight excluding hydrogens is 500 g/mol. The number of carboxylic acids is 1. The molecule has 1 fully saturated rings. The molecule has 35 heavy (non-hydrogen) atoms. The number of phenols is 1. The van der Waals surface area contributed by atoms with Crippen LogP contribution in [0.3, 0.4) is 0 Å². The van der Waals surface area contributed by atoms with Crippen LogP contribution in [0.4, 0.5) is 11.4 Å². The van der Waals surface area contributed by atoms with Gasteiger partial charge in [-0.25, -0.2) is 4.79 Å². The van der Waals surface area contributed by atoms with E-state index in [9.17, 15) is 30.3 Å². The number of nitrogens with zero attached hydrogens (tertiary/aromatic N) is 2. The number of aromatic hydroxyl groups is 1. The summed E-state index contributed by atoms with van der Waals surface area (Å²) in [6.07, 6.45) is -7.65. The van der Waals surface area contributed by atoms with Gasteiger partial charge in [-0.2, -0.15) is 0 Å². The predicted molar refractivity (Wildman–Crippen MR) is 129 cm³/mol. The standard InChI is InChI=1S/C23H27ClN2O8S/c1-25(2)6-3-7-26-13-8-11(33-23-20(30)18(28)19(29)21(34-23)22(31)32)4-5-16(13)35-17-10-15(27)12(24)9-14(17)26/h4-5,8-10,18-21,23,27-30H,3,6-7H2,1-2H3,(H,31,32)/t18-,19-,20+,21-,23+/m0/s1. The number of benzene rings is 2. The van der Waals surface area contributed by atoms with Gasteiger partial charge in [-0.05, 0) is 51.3 Å². The van der Waals surface area contributed by atoms with E-state index in [-0.39, 0.29) is 16.5 Å². The van der Waals surface area contributed by atoms with Crippen LogP contribution in [-0.2, 0) is 9.53 Å². The van der Waals surface area contributed by atoms with E-state index in [4.69, 9.17) is 21.1 Å². The third-order valence-corrected chi connectivity index (χ3v) is 7.23. The third kappa shape index (κ3) is 5.31. The highest BCUT2D eigenvalue weighted by Crippen LogP contribution is 2.51. The van der Waals surface area contributed by atoms with E-state index < -0.39 is 36.7 Å². The van der Waals surface area contributed by atoms with E-state index in [0.29, 0.717) is 6.54 Å². The zero-order chi connectivity index (χ0) is 25.4. The number of carboxylic acid groups (broad SMARTS) is 1. The number of ether oxygens (including phenoxy) is 2. The molecule has 1 saturated heterocycles. The van der Waals surface area contributed by atoms with Gasteiger partial charge in [-0.3, -0.25) is 0 Å². The average molecular weight is 527 g/mol. The number of rotatable bonds is 7. The molecular formula is C23H27ClN2O8S. The lowest BCUT2D eigenvalue weighted by Crippen LogP contribution is -2.61. The Balaban J connectivity index is 1.64. The van der Waals surface area contributed by atoms with E-state index >= 15 is 0 Å². The molecule has 12 heteroatoms. The summed E-state index contributed by atoms with van der Waals surface area (Å²) in [5, 5.41) is 49.9. The Morgan fingerprint density at radius 2 is 1.83 bits per heavy atom. The molecule has 0 aliphatic carbocycles. The van der Waals surface area contributed by atoms with Gasteiger partial charge in [-0.1, -0.05) is 23.4 Å². The van der Waals surface area contributed by atoms with Gasteiger partial charge in [0, 0.05) is 22.4 Å². The summed E-state index contributed by atoms with van der Waals surface area (Å²) in [6, 6.07) is 8.49. The van der Waals surface area contributed by atoms with Crippen molar-refractivity contribution in [3.63, 3.8) is 0 Å². The number of aliphatic hydroxyl groups is 3. The average Bonchev–Trinajstić information content (AvgIpc) is 2.80. The predicted octanol–water partition coefficient (Wildman–Crippen LogP) is 1.87. The minimum atomic E-state index is -1.80. The second kappa shape index (κ2) is 10.4. The molecule has 0 amide bonds. The van der Waals surface area contributed by atoms with Crippen molar-refractivity contribution in [2.24, 2.45) is 0 Å². The highest BCUT2D eigenvalue weighted by Gasteiger charge is 2.48. The summed E-state index contributed by atoms with van der Waals surface area (Å²) in [6.45, 7) is 1.48. The maximum absolute atomic E-state index is 11.4. The second-order valence-electron chi connectivity index (χ2n) is 8.66. The maximum Gasteiger partial charge on any atom is 0.335 e. The van der Waals surface area contributed by atoms with Crippen LogP contribution in [0.15, 0.2) is 40.1 Å². The van der Waals surface area contributed by atoms with Crippen LogP contribution in [0, 0.1) is 0 Å². The Labute approximate surface area is 211 Å². The molecule has 5 N–H and O–H groups in total. The van der Waals surface area contributed by atoms with E-state index in [2.05, 4.69) is 9.80 Å². The lowest BCUT2D eigenvalue weighted by atomic mass is 9.99. The molecule has 2 aromatic carbocycles. The molecule has 0 aromatic heterocycles. The quantitative estimate of drug-likeness (QED) is 0.360. The van der Waals surface area contributed by atoms with Crippen LogP contribution in [-0.4, -0.2) is 94.3 Å². The van der Waals surface area contributed by atoms with Crippen LogP contribution in [0.5, 0.6) is 11.5 Å². The molecule has 0 radical (unpaired) electrons. The lowest BCUT2D eigenvalue weighted by molar-refractivity contribution is -0.271. The highest BCUT2D eigenvalue weighted by atomic mass is 35.5. The molecule has 10 nitrogen and oxygen atoms in total. The molecule has 0 bridgehead atoms. The van der Waals surface area contributed by atoms with Crippen molar-refractivity contribution in [2.75, 3.05) is 32.1 Å². The molecule has 2 aliphatic heterocycles. The Morgan fingerprint density at radius 1 is 1.11 bits per heavy atom. The molecule has 5 atom stereocenters. The van der Waals surface area contributed by atoms with Crippen molar-refractivity contribution in [3.8, 4) is 11.5 Å². The van der Waals surface area contributed by atoms with Crippen molar-refractivity contribution in [1.82, 2.24) is 4.90 Å². The molecule has 2 heterocycles. The third-order valence-electron chi connectivity index (χ3n) is 5.81. The fourth-order valence-electron chi connectivity index (χ4n) is 4.01. The van der Waals surface area contributed by atoms with Crippen LogP contribution in [0.2, 0.25) is 5.02 Å². The van der Waals surface area contributed by atoms with Gasteiger partial charge in [0.05, 0.1) is 16.4 Å². The summed E-state index contributed by atoms with van der Waals surface area (Å²) in [5.41, 5.74) is 1.61. The van der Waals surface area contributed by atoms with Gasteiger partial charge in [0.25, 0.3) is 0 Å². The summed E-state index contributed by atoms with van der Waals surface area (Å²) in [7, 11) is 3.97. The minimum absolute atomic E-state index is 0.00766. The number of hydrogen-bond donors (Lipinski definition) is 5. The van der Waals surface area contributed by atoms with E-state index in [1.54, 1.807) is 30.3 Å². The molecule has 0 unspecified atom stereocenters. The molecule has 0 spiro atoms. The fraction of sp³-hybridized carbons (Fsp3) is 0.435. The van der Waals surface area contributed by atoms with Gasteiger partial charge < -0.3 is 44.8 Å². The number of fused-ring (bicyclic) bond motifs is 2. The first-order chi connectivity index (χ1) is 16.6. The Kier molecular flexibility index (Phi) is 7.67. The largest absolute Gasteiger partial charge is 0.506 e. The second-order valence-corrected chi connectivity index (χ2v) is 10.2. The van der Waals surface area contributed by atoms with Gasteiger partial charge in [0.15, 0.2) is 6.10 Å². The number of aliphatic carboxylic acids is 1. The SMILES string of the molecule is CN(C)CCCN1c2cc(O[C@@H]3O[C@H](C(=O)O)[C@@H](O)[C@H](O)[C@H]3O)ccc2Sc2cc(O)c(Cl)cc21.